The molecule has 0 aromatic heterocycles. The van der Waals surface area contributed by atoms with Crippen LogP contribution in [0, 0.1) is 0 Å². The van der Waals surface area contributed by atoms with E-state index in [0.29, 0.717) is 12.3 Å². The van der Waals surface area contributed by atoms with Gasteiger partial charge in [0.25, 0.3) is 0 Å². The molecule has 18 heavy (non-hydrogen) atoms. The second kappa shape index (κ2) is 8.28. The topological polar surface area (TPSA) is 75.6 Å². The molecule has 1 aliphatic rings. The second-order valence-electron chi connectivity index (χ2n) is 3.96. The summed E-state index contributed by atoms with van der Waals surface area (Å²) < 4.78 is 26.2. The minimum absolute atomic E-state index is 0.0861. The molecule has 0 aliphatic carbocycles. The summed E-state index contributed by atoms with van der Waals surface area (Å²) in [6.45, 7) is 3.92. The maximum Gasteiger partial charge on any atom is 0.198 e. The van der Waals surface area contributed by atoms with Gasteiger partial charge in [0.2, 0.25) is 0 Å². The van der Waals surface area contributed by atoms with Crippen molar-refractivity contribution in [1.29, 1.82) is 0 Å². The van der Waals surface area contributed by atoms with E-state index in [-0.39, 0.29) is 24.4 Å². The minimum Gasteiger partial charge on any atom is -0.376 e. The quantitative estimate of drug-likeness (QED) is 0.327. The van der Waals surface area contributed by atoms with E-state index in [1.54, 1.807) is 14.2 Å². The highest BCUT2D eigenvalue weighted by molar-refractivity contribution is 7.89. The van der Waals surface area contributed by atoms with Gasteiger partial charge in [-0.25, -0.2) is 5.26 Å². The summed E-state index contributed by atoms with van der Waals surface area (Å²) in [6.07, 6.45) is -0.405. The predicted molar refractivity (Wildman–Crippen MR) is 63.5 cm³/mol. The summed E-state index contributed by atoms with van der Waals surface area (Å²) in [5.41, 5.74) is 0. The fourth-order valence-electron chi connectivity index (χ4n) is 2.22. The SMILES string of the molecule is CC[C@H]1O[C@H](C)C(OC)C(OSOOO)[C@@H]1OC. The molecule has 1 fully saturated rings. The smallest absolute Gasteiger partial charge is 0.198 e. The molecule has 0 spiro atoms. The highest BCUT2D eigenvalue weighted by atomic mass is 32.2. The van der Waals surface area contributed by atoms with Gasteiger partial charge in [-0.3, -0.25) is 4.18 Å². The van der Waals surface area contributed by atoms with E-state index in [2.05, 4.69) is 9.37 Å². The van der Waals surface area contributed by atoms with Gasteiger partial charge in [0, 0.05) is 14.2 Å². The van der Waals surface area contributed by atoms with Crippen LogP contribution in [0.15, 0.2) is 0 Å². The molecule has 7 nitrogen and oxygen atoms in total. The lowest BCUT2D eigenvalue weighted by Gasteiger charge is -2.43. The highest BCUT2D eigenvalue weighted by Gasteiger charge is 2.45. The average molecular weight is 284 g/mol. The first-order valence-corrected chi connectivity index (χ1v) is 6.37. The summed E-state index contributed by atoms with van der Waals surface area (Å²) in [5, 5.41) is 11.6. The molecule has 0 saturated carbocycles. The molecule has 5 atom stereocenters. The first kappa shape index (κ1) is 16.1. The van der Waals surface area contributed by atoms with Gasteiger partial charge < -0.3 is 14.2 Å². The van der Waals surface area contributed by atoms with Gasteiger partial charge in [-0.1, -0.05) is 12.0 Å². The molecular formula is C10H20O7S. The standard InChI is InChI=1S/C10H20O7S/c1-5-7-9(13-4)10(15-18-17-16-11)8(12-3)6(2)14-7/h6-11H,5H2,1-4H3/t6-,7-,8?,9-,10?/m1/s1. The van der Waals surface area contributed by atoms with Crippen molar-refractivity contribution in [3.63, 3.8) is 0 Å². The molecule has 0 aromatic rings. The molecule has 1 rings (SSSR count). The molecule has 1 aliphatic heterocycles. The van der Waals surface area contributed by atoms with Gasteiger partial charge in [0.05, 0.1) is 12.2 Å². The monoisotopic (exact) mass is 284 g/mol. The molecule has 8 heteroatoms. The Balaban J connectivity index is 2.72. The molecule has 0 amide bonds. The van der Waals surface area contributed by atoms with Gasteiger partial charge in [-0.2, -0.15) is 0 Å². The Labute approximate surface area is 111 Å². The van der Waals surface area contributed by atoms with Crippen LogP contribution in [0.5, 0.6) is 0 Å². The third-order valence-electron chi connectivity index (χ3n) is 3.02. The van der Waals surface area contributed by atoms with Crippen LogP contribution >= 0.6 is 12.3 Å². The van der Waals surface area contributed by atoms with Crippen molar-refractivity contribution < 1.29 is 33.0 Å². The fraction of sp³-hybridized carbons (Fsp3) is 1.00. The summed E-state index contributed by atoms with van der Waals surface area (Å²) in [7, 11) is 3.16. The molecule has 0 radical (unpaired) electrons. The Morgan fingerprint density at radius 1 is 1.17 bits per heavy atom. The van der Waals surface area contributed by atoms with E-state index in [9.17, 15) is 0 Å². The molecule has 0 aromatic carbocycles. The summed E-state index contributed by atoms with van der Waals surface area (Å²) in [5.74, 6) is 0. The molecule has 1 heterocycles. The van der Waals surface area contributed by atoms with Crippen LogP contribution in [0.4, 0.5) is 0 Å². The summed E-state index contributed by atoms with van der Waals surface area (Å²) >= 11 is 0.525. The Morgan fingerprint density at radius 2 is 1.83 bits per heavy atom. The van der Waals surface area contributed by atoms with E-state index in [0.717, 1.165) is 6.42 Å². The lowest BCUT2D eigenvalue weighted by molar-refractivity contribution is -0.434. The zero-order valence-electron chi connectivity index (χ0n) is 10.9. The van der Waals surface area contributed by atoms with Crippen LogP contribution in [0.3, 0.4) is 0 Å². The maximum absolute atomic E-state index is 8.08. The second-order valence-corrected chi connectivity index (χ2v) is 4.42. The van der Waals surface area contributed by atoms with Crippen molar-refractivity contribution in [2.75, 3.05) is 14.2 Å². The van der Waals surface area contributed by atoms with Crippen LogP contribution < -0.4 is 0 Å². The fourth-order valence-corrected chi connectivity index (χ4v) is 2.59. The van der Waals surface area contributed by atoms with E-state index >= 15 is 0 Å². The molecule has 0 bridgehead atoms. The Bertz CT molecular complexity index is 230. The van der Waals surface area contributed by atoms with Gasteiger partial charge in [-0.15, -0.1) is 4.33 Å². The average Bonchev–Trinajstić information content (AvgIpc) is 2.38. The minimum atomic E-state index is -0.395. The third kappa shape index (κ3) is 3.78. The number of hydrogen-bond donors (Lipinski definition) is 1. The lowest BCUT2D eigenvalue weighted by Crippen LogP contribution is -2.58. The van der Waals surface area contributed by atoms with Gasteiger partial charge in [0.15, 0.2) is 12.3 Å². The Kier molecular flexibility index (Phi) is 7.42. The van der Waals surface area contributed by atoms with Crippen molar-refractivity contribution in [2.45, 2.75) is 50.8 Å². The van der Waals surface area contributed by atoms with Crippen LogP contribution in [-0.2, 0) is 27.8 Å². The first-order valence-electron chi connectivity index (χ1n) is 5.70. The first-order chi connectivity index (χ1) is 8.69. The highest BCUT2D eigenvalue weighted by Crippen LogP contribution is 2.31. The van der Waals surface area contributed by atoms with Crippen molar-refractivity contribution in [3.8, 4) is 0 Å². The zero-order chi connectivity index (χ0) is 13.5. The Hall–Kier alpha value is 0.0700. The van der Waals surface area contributed by atoms with Crippen molar-refractivity contribution in [2.24, 2.45) is 0 Å². The summed E-state index contributed by atoms with van der Waals surface area (Å²) in [6, 6.07) is 0. The van der Waals surface area contributed by atoms with Crippen molar-refractivity contribution in [3.05, 3.63) is 0 Å². The van der Waals surface area contributed by atoms with Crippen LogP contribution in [-0.4, -0.2) is 50.0 Å². The predicted octanol–water partition coefficient (Wildman–Crippen LogP) is 1.58. The number of ether oxygens (including phenoxy) is 3. The van der Waals surface area contributed by atoms with E-state index < -0.39 is 6.10 Å². The molecule has 1 N–H and O–H groups in total. The van der Waals surface area contributed by atoms with Crippen LogP contribution in [0.1, 0.15) is 20.3 Å². The third-order valence-corrected chi connectivity index (χ3v) is 3.44. The van der Waals surface area contributed by atoms with Gasteiger partial charge >= 0.3 is 0 Å². The van der Waals surface area contributed by atoms with E-state index in [1.807, 2.05) is 13.8 Å². The van der Waals surface area contributed by atoms with Crippen LogP contribution in [0.2, 0.25) is 0 Å². The zero-order valence-corrected chi connectivity index (χ0v) is 11.7. The molecule has 2 unspecified atom stereocenters. The Morgan fingerprint density at radius 3 is 2.33 bits per heavy atom. The molecule has 108 valence electrons. The van der Waals surface area contributed by atoms with Crippen LogP contribution in [0.25, 0.3) is 0 Å². The van der Waals surface area contributed by atoms with E-state index in [1.165, 1.54) is 0 Å². The number of methoxy groups -OCH3 is 2. The van der Waals surface area contributed by atoms with Crippen molar-refractivity contribution in [1.82, 2.24) is 0 Å². The maximum atomic E-state index is 8.08. The molecule has 1 saturated heterocycles. The molecular weight excluding hydrogens is 264 g/mol. The van der Waals surface area contributed by atoms with Crippen molar-refractivity contribution >= 4 is 12.3 Å². The number of rotatable bonds is 7. The lowest BCUT2D eigenvalue weighted by atomic mass is 9.94. The van der Waals surface area contributed by atoms with E-state index in [4.69, 9.17) is 23.7 Å². The van der Waals surface area contributed by atoms with Gasteiger partial charge in [0.1, 0.15) is 18.3 Å². The largest absolute Gasteiger partial charge is 0.376 e. The normalized spacial score (nSPS) is 36.8. The summed E-state index contributed by atoms with van der Waals surface area (Å²) in [4.78, 5) is 0. The van der Waals surface area contributed by atoms with Gasteiger partial charge in [-0.05, 0) is 13.3 Å². The number of hydrogen-bond acceptors (Lipinski definition) is 8.